The van der Waals surface area contributed by atoms with E-state index in [0.717, 1.165) is 11.1 Å². The zero-order valence-electron chi connectivity index (χ0n) is 17.1. The van der Waals surface area contributed by atoms with Crippen LogP contribution in [0.3, 0.4) is 0 Å². The summed E-state index contributed by atoms with van der Waals surface area (Å²) in [5.74, 6) is 0. The van der Waals surface area contributed by atoms with Crippen LogP contribution in [-0.2, 0) is 0 Å². The molecule has 146 valence electrons. The molecule has 3 heteroatoms. The van der Waals surface area contributed by atoms with Crippen LogP contribution < -0.4 is 5.32 Å². The molecule has 2 atom stereocenters. The third-order valence-electron chi connectivity index (χ3n) is 5.80. The Hall–Kier alpha value is -3.33. The number of benzene rings is 4. The molecule has 4 rings (SSSR count). The Morgan fingerprint density at radius 1 is 0.724 bits per heavy atom. The molecule has 0 aromatic heterocycles. The van der Waals surface area contributed by atoms with Crippen LogP contribution in [0.1, 0.15) is 37.1 Å². The molecule has 4 aromatic rings. The van der Waals surface area contributed by atoms with E-state index in [2.05, 4.69) is 66.8 Å². The van der Waals surface area contributed by atoms with E-state index in [1.807, 2.05) is 44.3 Å². The molecule has 0 aliphatic rings. The minimum Gasteiger partial charge on any atom is -0.331 e. The second kappa shape index (κ2) is 7.96. The third-order valence-corrected chi connectivity index (χ3v) is 5.80. The number of carbonyl (C=O) groups is 1. The lowest BCUT2D eigenvalue weighted by Crippen LogP contribution is -2.40. The maximum absolute atomic E-state index is 13.0. The highest BCUT2D eigenvalue weighted by Gasteiger charge is 2.21. The second-order valence-corrected chi connectivity index (χ2v) is 7.59. The van der Waals surface area contributed by atoms with Gasteiger partial charge in [0.05, 0.1) is 12.1 Å². The zero-order chi connectivity index (χ0) is 20.4. The van der Waals surface area contributed by atoms with Gasteiger partial charge in [-0.25, -0.2) is 4.79 Å². The first-order valence-electron chi connectivity index (χ1n) is 10.0. The monoisotopic (exact) mass is 382 g/mol. The van der Waals surface area contributed by atoms with Crippen molar-refractivity contribution in [2.75, 3.05) is 7.05 Å². The van der Waals surface area contributed by atoms with E-state index >= 15 is 0 Å². The molecule has 4 aromatic carbocycles. The van der Waals surface area contributed by atoms with E-state index in [0.29, 0.717) is 0 Å². The van der Waals surface area contributed by atoms with Gasteiger partial charge in [-0.05, 0) is 46.5 Å². The molecule has 2 amide bonds. The van der Waals surface area contributed by atoms with Crippen LogP contribution in [0.25, 0.3) is 21.5 Å². The topological polar surface area (TPSA) is 32.3 Å². The molecule has 1 N–H and O–H groups in total. The summed E-state index contributed by atoms with van der Waals surface area (Å²) in [6.45, 7) is 4.11. The number of nitrogens with one attached hydrogen (secondary N) is 1. The van der Waals surface area contributed by atoms with Gasteiger partial charge in [0.15, 0.2) is 0 Å². The predicted molar refractivity (Wildman–Crippen MR) is 121 cm³/mol. The maximum atomic E-state index is 13.0. The van der Waals surface area contributed by atoms with Crippen LogP contribution in [0.2, 0.25) is 0 Å². The molecule has 0 fully saturated rings. The van der Waals surface area contributed by atoms with Crippen LogP contribution in [0.15, 0.2) is 84.9 Å². The van der Waals surface area contributed by atoms with Gasteiger partial charge in [0, 0.05) is 7.05 Å². The van der Waals surface area contributed by atoms with Crippen molar-refractivity contribution in [3.05, 3.63) is 96.1 Å². The number of hydrogen-bond acceptors (Lipinski definition) is 1. The van der Waals surface area contributed by atoms with Crippen LogP contribution in [0.5, 0.6) is 0 Å². The molecule has 29 heavy (non-hydrogen) atoms. The largest absolute Gasteiger partial charge is 0.331 e. The second-order valence-electron chi connectivity index (χ2n) is 7.59. The van der Waals surface area contributed by atoms with Crippen LogP contribution in [0, 0.1) is 0 Å². The highest BCUT2D eigenvalue weighted by molar-refractivity contribution is 5.88. The smallest absolute Gasteiger partial charge is 0.318 e. The minimum atomic E-state index is -0.0873. The first kappa shape index (κ1) is 19.0. The minimum absolute atomic E-state index is 0.0409. The third kappa shape index (κ3) is 3.68. The number of amides is 2. The number of fused-ring (bicyclic) bond motifs is 2. The quantitative estimate of drug-likeness (QED) is 0.432. The van der Waals surface area contributed by atoms with Gasteiger partial charge in [-0.2, -0.15) is 0 Å². The molecule has 0 unspecified atom stereocenters. The fourth-order valence-corrected chi connectivity index (χ4v) is 3.99. The molecule has 0 spiro atoms. The van der Waals surface area contributed by atoms with Crippen molar-refractivity contribution in [2.24, 2.45) is 0 Å². The van der Waals surface area contributed by atoms with Crippen molar-refractivity contribution in [2.45, 2.75) is 25.9 Å². The van der Waals surface area contributed by atoms with E-state index in [-0.39, 0.29) is 18.1 Å². The Labute approximate surface area is 172 Å². The van der Waals surface area contributed by atoms with Gasteiger partial charge in [-0.15, -0.1) is 0 Å². The van der Waals surface area contributed by atoms with Crippen molar-refractivity contribution in [3.63, 3.8) is 0 Å². The first-order chi connectivity index (χ1) is 14.1. The van der Waals surface area contributed by atoms with Crippen LogP contribution in [0.4, 0.5) is 4.79 Å². The lowest BCUT2D eigenvalue weighted by Gasteiger charge is -2.28. The molecule has 3 nitrogen and oxygen atoms in total. The fourth-order valence-electron chi connectivity index (χ4n) is 3.99. The van der Waals surface area contributed by atoms with Gasteiger partial charge in [0.25, 0.3) is 0 Å². The average molecular weight is 383 g/mol. The van der Waals surface area contributed by atoms with E-state index in [1.54, 1.807) is 4.90 Å². The molecule has 0 bridgehead atoms. The van der Waals surface area contributed by atoms with Crippen LogP contribution in [-0.4, -0.2) is 18.0 Å². The summed E-state index contributed by atoms with van der Waals surface area (Å²) < 4.78 is 0. The summed E-state index contributed by atoms with van der Waals surface area (Å²) in [7, 11) is 1.86. The molecular weight excluding hydrogens is 356 g/mol. The van der Waals surface area contributed by atoms with Gasteiger partial charge in [0.1, 0.15) is 0 Å². The molecule has 0 aliphatic carbocycles. The Balaban J connectivity index is 1.56. The number of carbonyl (C=O) groups excluding carboxylic acids is 1. The van der Waals surface area contributed by atoms with E-state index in [4.69, 9.17) is 0 Å². The molecule has 0 saturated carbocycles. The van der Waals surface area contributed by atoms with Gasteiger partial charge in [-0.3, -0.25) is 0 Å². The molecule has 0 saturated heterocycles. The SMILES string of the molecule is C[C@H](c1cccc2ccccc12)N(C)C(=O)N[C@H](C)c1cccc2ccccc12. The van der Waals surface area contributed by atoms with E-state index in [1.165, 1.54) is 21.5 Å². The van der Waals surface area contributed by atoms with Gasteiger partial charge >= 0.3 is 6.03 Å². The highest BCUT2D eigenvalue weighted by Crippen LogP contribution is 2.28. The summed E-state index contributed by atoms with van der Waals surface area (Å²) in [5, 5.41) is 7.91. The summed E-state index contributed by atoms with van der Waals surface area (Å²) in [5.41, 5.74) is 2.28. The van der Waals surface area contributed by atoms with Crippen molar-refractivity contribution in [3.8, 4) is 0 Å². The van der Waals surface area contributed by atoms with Crippen LogP contribution >= 0.6 is 0 Å². The number of nitrogens with zero attached hydrogens (tertiary/aromatic N) is 1. The Kier molecular flexibility index (Phi) is 5.22. The molecule has 0 aliphatic heterocycles. The standard InChI is InChI=1S/C26H26N2O/c1-18(22-16-8-12-20-10-4-6-14-24(20)22)27-26(29)28(3)19(2)23-17-9-13-21-11-5-7-15-25(21)23/h4-19H,1-3H3,(H,27,29)/t18-,19-/m1/s1. The van der Waals surface area contributed by atoms with E-state index in [9.17, 15) is 4.79 Å². The van der Waals surface area contributed by atoms with Crippen molar-refractivity contribution < 1.29 is 4.79 Å². The zero-order valence-corrected chi connectivity index (χ0v) is 17.1. The number of rotatable bonds is 4. The number of urea groups is 1. The fraction of sp³-hybridized carbons (Fsp3) is 0.192. The maximum Gasteiger partial charge on any atom is 0.318 e. The normalized spacial score (nSPS) is 13.2. The summed E-state index contributed by atoms with van der Waals surface area (Å²) in [4.78, 5) is 14.8. The summed E-state index contributed by atoms with van der Waals surface area (Å²) in [6.07, 6.45) is 0. The highest BCUT2D eigenvalue weighted by atomic mass is 16.2. The molecule has 0 radical (unpaired) electrons. The summed E-state index contributed by atoms with van der Waals surface area (Å²) in [6, 6.07) is 28.9. The predicted octanol–water partition coefficient (Wildman–Crippen LogP) is 6.46. The Morgan fingerprint density at radius 2 is 1.21 bits per heavy atom. The Bertz CT molecular complexity index is 1160. The van der Waals surface area contributed by atoms with E-state index < -0.39 is 0 Å². The van der Waals surface area contributed by atoms with Crippen molar-refractivity contribution in [1.29, 1.82) is 0 Å². The average Bonchev–Trinajstić information content (AvgIpc) is 2.77. The molecular formula is C26H26N2O. The Morgan fingerprint density at radius 3 is 1.83 bits per heavy atom. The van der Waals surface area contributed by atoms with Crippen molar-refractivity contribution in [1.82, 2.24) is 10.2 Å². The van der Waals surface area contributed by atoms with Gasteiger partial charge in [0.2, 0.25) is 0 Å². The lowest BCUT2D eigenvalue weighted by molar-refractivity contribution is 0.191. The molecule has 0 heterocycles. The lowest BCUT2D eigenvalue weighted by atomic mass is 9.98. The first-order valence-corrected chi connectivity index (χ1v) is 10.0. The number of hydrogen-bond donors (Lipinski definition) is 1. The van der Waals surface area contributed by atoms with Gasteiger partial charge in [-0.1, -0.05) is 84.9 Å². The van der Waals surface area contributed by atoms with Crippen molar-refractivity contribution >= 4 is 27.6 Å². The summed E-state index contributed by atoms with van der Waals surface area (Å²) >= 11 is 0. The van der Waals surface area contributed by atoms with Gasteiger partial charge < -0.3 is 10.2 Å².